The van der Waals surface area contributed by atoms with Gasteiger partial charge in [-0.2, -0.15) is 0 Å². The van der Waals surface area contributed by atoms with Crippen LogP contribution in [0.3, 0.4) is 0 Å². The Hall–Kier alpha value is -0.810. The summed E-state index contributed by atoms with van der Waals surface area (Å²) >= 11 is 0. The predicted octanol–water partition coefficient (Wildman–Crippen LogP) is -0.709. The Morgan fingerprint density at radius 1 is 1.64 bits per heavy atom. The summed E-state index contributed by atoms with van der Waals surface area (Å²) in [5.41, 5.74) is 5.43. The Morgan fingerprint density at radius 3 is 2.79 bits per heavy atom. The largest absolute Gasteiger partial charge is 0.341 e. The van der Waals surface area contributed by atoms with Crippen molar-refractivity contribution < 1.29 is 4.79 Å². The van der Waals surface area contributed by atoms with E-state index < -0.39 is 0 Å². The SMILES string of the molecule is CNC(=O)N1CC(N(C)CCCN)C1. The van der Waals surface area contributed by atoms with Crippen LogP contribution < -0.4 is 11.1 Å². The van der Waals surface area contributed by atoms with Gasteiger partial charge in [0.25, 0.3) is 0 Å². The smallest absolute Gasteiger partial charge is 0.317 e. The number of rotatable bonds is 4. The van der Waals surface area contributed by atoms with Crippen LogP contribution >= 0.6 is 0 Å². The van der Waals surface area contributed by atoms with Gasteiger partial charge in [-0.15, -0.1) is 0 Å². The Bertz CT molecular complexity index is 191. The Balaban J connectivity index is 2.16. The zero-order chi connectivity index (χ0) is 10.6. The molecule has 0 aromatic heterocycles. The number of amides is 2. The number of hydrogen-bond donors (Lipinski definition) is 2. The van der Waals surface area contributed by atoms with Gasteiger partial charge in [0.2, 0.25) is 0 Å². The molecule has 0 aromatic carbocycles. The fraction of sp³-hybridized carbons (Fsp3) is 0.889. The van der Waals surface area contributed by atoms with Crippen LogP contribution in [-0.2, 0) is 0 Å². The number of likely N-dealkylation sites (N-methyl/N-ethyl adjacent to an activating group) is 1. The van der Waals surface area contributed by atoms with Gasteiger partial charge >= 0.3 is 6.03 Å². The van der Waals surface area contributed by atoms with Crippen molar-refractivity contribution in [2.75, 3.05) is 40.3 Å². The highest BCUT2D eigenvalue weighted by molar-refractivity contribution is 5.74. The lowest BCUT2D eigenvalue weighted by Gasteiger charge is -2.43. The minimum absolute atomic E-state index is 0.0217. The second-order valence-electron chi connectivity index (χ2n) is 3.74. The molecule has 0 atom stereocenters. The maximum Gasteiger partial charge on any atom is 0.317 e. The molecule has 5 nitrogen and oxygen atoms in total. The zero-order valence-corrected chi connectivity index (χ0v) is 8.99. The number of urea groups is 1. The van der Waals surface area contributed by atoms with Gasteiger partial charge in [0.1, 0.15) is 0 Å². The van der Waals surface area contributed by atoms with Gasteiger partial charge in [-0.1, -0.05) is 0 Å². The van der Waals surface area contributed by atoms with E-state index in [9.17, 15) is 4.79 Å². The molecule has 3 N–H and O–H groups in total. The number of nitrogens with zero attached hydrogens (tertiary/aromatic N) is 2. The minimum Gasteiger partial charge on any atom is -0.341 e. The number of carbonyl (C=O) groups is 1. The first kappa shape index (κ1) is 11.3. The first-order valence-corrected chi connectivity index (χ1v) is 5.06. The molecule has 14 heavy (non-hydrogen) atoms. The van der Waals surface area contributed by atoms with Crippen molar-refractivity contribution in [3.63, 3.8) is 0 Å². The number of hydrogen-bond acceptors (Lipinski definition) is 3. The lowest BCUT2D eigenvalue weighted by molar-refractivity contribution is 0.0734. The molecule has 0 saturated carbocycles. The maximum absolute atomic E-state index is 11.2. The van der Waals surface area contributed by atoms with Gasteiger partial charge in [-0.05, 0) is 26.6 Å². The van der Waals surface area contributed by atoms with Gasteiger partial charge in [-0.25, -0.2) is 4.79 Å². The van der Waals surface area contributed by atoms with Gasteiger partial charge < -0.3 is 16.0 Å². The summed E-state index contributed by atoms with van der Waals surface area (Å²) in [5, 5.41) is 2.62. The molecule has 0 bridgehead atoms. The number of carbonyl (C=O) groups excluding carboxylic acids is 1. The number of nitrogens with one attached hydrogen (secondary N) is 1. The zero-order valence-electron chi connectivity index (χ0n) is 8.99. The van der Waals surface area contributed by atoms with Crippen molar-refractivity contribution in [2.24, 2.45) is 5.73 Å². The first-order chi connectivity index (χ1) is 6.69. The van der Waals surface area contributed by atoms with E-state index in [2.05, 4.69) is 17.3 Å². The molecule has 1 aliphatic rings. The Labute approximate surface area is 85.2 Å². The topological polar surface area (TPSA) is 61.6 Å². The van der Waals surface area contributed by atoms with E-state index in [0.717, 1.165) is 32.6 Å². The molecular weight excluding hydrogens is 180 g/mol. The molecule has 1 fully saturated rings. The highest BCUT2D eigenvalue weighted by Gasteiger charge is 2.32. The molecule has 0 spiro atoms. The van der Waals surface area contributed by atoms with Crippen LogP contribution in [0.5, 0.6) is 0 Å². The van der Waals surface area contributed by atoms with E-state index in [4.69, 9.17) is 5.73 Å². The summed E-state index contributed by atoms with van der Waals surface area (Å²) in [7, 11) is 3.75. The van der Waals surface area contributed by atoms with Crippen LogP contribution in [0.2, 0.25) is 0 Å². The summed E-state index contributed by atoms with van der Waals surface area (Å²) in [6.07, 6.45) is 1.02. The highest BCUT2D eigenvalue weighted by Crippen LogP contribution is 2.13. The molecule has 2 amide bonds. The van der Waals surface area contributed by atoms with Crippen molar-refractivity contribution in [3.8, 4) is 0 Å². The average Bonchev–Trinajstić information content (AvgIpc) is 2.11. The third-order valence-corrected chi connectivity index (χ3v) is 2.70. The summed E-state index contributed by atoms with van der Waals surface area (Å²) in [6, 6.07) is 0.535. The van der Waals surface area contributed by atoms with E-state index in [-0.39, 0.29) is 6.03 Å². The van der Waals surface area contributed by atoms with Crippen molar-refractivity contribution >= 4 is 6.03 Å². The number of likely N-dealkylation sites (tertiary alicyclic amines) is 1. The standard InChI is InChI=1S/C9H20N4O/c1-11-9(14)13-6-8(7-13)12(2)5-3-4-10/h8H,3-7,10H2,1-2H3,(H,11,14). The Kier molecular flexibility index (Phi) is 4.16. The fourth-order valence-electron chi connectivity index (χ4n) is 1.58. The van der Waals surface area contributed by atoms with Gasteiger partial charge in [0.15, 0.2) is 0 Å². The second kappa shape index (κ2) is 5.17. The predicted molar refractivity (Wildman–Crippen MR) is 56.1 cm³/mol. The summed E-state index contributed by atoms with van der Waals surface area (Å²) in [4.78, 5) is 15.2. The van der Waals surface area contributed by atoms with E-state index >= 15 is 0 Å². The van der Waals surface area contributed by atoms with E-state index in [0.29, 0.717) is 6.04 Å². The van der Waals surface area contributed by atoms with Crippen LogP contribution in [0.1, 0.15) is 6.42 Å². The van der Waals surface area contributed by atoms with Crippen molar-refractivity contribution in [2.45, 2.75) is 12.5 Å². The highest BCUT2D eigenvalue weighted by atomic mass is 16.2. The molecule has 82 valence electrons. The molecular formula is C9H20N4O. The van der Waals surface area contributed by atoms with Gasteiger partial charge in [0, 0.05) is 26.2 Å². The fourth-order valence-corrected chi connectivity index (χ4v) is 1.58. The molecule has 1 heterocycles. The third-order valence-electron chi connectivity index (χ3n) is 2.70. The summed E-state index contributed by atoms with van der Waals surface area (Å²) in [6.45, 7) is 3.42. The normalized spacial score (nSPS) is 17.0. The molecule has 5 heteroatoms. The van der Waals surface area contributed by atoms with E-state index in [1.54, 1.807) is 7.05 Å². The minimum atomic E-state index is 0.0217. The van der Waals surface area contributed by atoms with Crippen LogP contribution in [0.25, 0.3) is 0 Å². The summed E-state index contributed by atoms with van der Waals surface area (Å²) < 4.78 is 0. The maximum atomic E-state index is 11.2. The van der Waals surface area contributed by atoms with Crippen LogP contribution in [0.15, 0.2) is 0 Å². The van der Waals surface area contributed by atoms with Crippen molar-refractivity contribution in [3.05, 3.63) is 0 Å². The lowest BCUT2D eigenvalue weighted by Crippen LogP contribution is -2.61. The first-order valence-electron chi connectivity index (χ1n) is 5.06. The molecule has 1 rings (SSSR count). The average molecular weight is 200 g/mol. The van der Waals surface area contributed by atoms with Crippen molar-refractivity contribution in [1.82, 2.24) is 15.1 Å². The van der Waals surface area contributed by atoms with E-state index in [1.165, 1.54) is 0 Å². The quantitative estimate of drug-likeness (QED) is 0.630. The second-order valence-corrected chi connectivity index (χ2v) is 3.74. The molecule has 1 aliphatic heterocycles. The molecule has 0 radical (unpaired) electrons. The summed E-state index contributed by atoms with van der Waals surface area (Å²) in [5.74, 6) is 0. The molecule has 0 unspecified atom stereocenters. The van der Waals surface area contributed by atoms with E-state index in [1.807, 2.05) is 4.90 Å². The third kappa shape index (κ3) is 2.59. The Morgan fingerprint density at radius 2 is 2.29 bits per heavy atom. The van der Waals surface area contributed by atoms with Crippen molar-refractivity contribution in [1.29, 1.82) is 0 Å². The van der Waals surface area contributed by atoms with Gasteiger partial charge in [0.05, 0.1) is 0 Å². The van der Waals surface area contributed by atoms with Crippen LogP contribution in [0.4, 0.5) is 4.79 Å². The van der Waals surface area contributed by atoms with Gasteiger partial charge in [-0.3, -0.25) is 4.90 Å². The number of nitrogens with two attached hydrogens (primary N) is 1. The monoisotopic (exact) mass is 200 g/mol. The molecule has 0 aromatic rings. The molecule has 0 aliphatic carbocycles. The lowest BCUT2D eigenvalue weighted by atomic mass is 10.1. The van der Waals surface area contributed by atoms with Crippen LogP contribution in [0, 0.1) is 0 Å². The van der Waals surface area contributed by atoms with Crippen LogP contribution in [-0.4, -0.2) is 62.1 Å². The molecule has 1 saturated heterocycles.